The topological polar surface area (TPSA) is 62.6 Å². The zero-order valence-electron chi connectivity index (χ0n) is 11.4. The molecule has 0 aliphatic carbocycles. The van der Waals surface area contributed by atoms with Crippen molar-refractivity contribution in [1.29, 1.82) is 5.26 Å². The second kappa shape index (κ2) is 6.50. The molecule has 1 aromatic rings. The van der Waals surface area contributed by atoms with Gasteiger partial charge in [0.2, 0.25) is 0 Å². The van der Waals surface area contributed by atoms with Gasteiger partial charge < -0.3 is 14.4 Å². The Morgan fingerprint density at radius 1 is 1.52 bits per heavy atom. The molecule has 1 atom stereocenters. The molecule has 21 heavy (non-hydrogen) atoms. The molecule has 1 aliphatic heterocycles. The summed E-state index contributed by atoms with van der Waals surface area (Å²) < 4.78 is 37.6. The Balaban J connectivity index is 2.17. The van der Waals surface area contributed by atoms with Gasteiger partial charge in [-0.05, 0) is 12.1 Å². The predicted octanol–water partition coefficient (Wildman–Crippen LogP) is 1.60. The summed E-state index contributed by atoms with van der Waals surface area (Å²) in [7, 11) is 1.28. The number of methoxy groups -OCH3 is 1. The van der Waals surface area contributed by atoms with Crippen LogP contribution in [0.2, 0.25) is 0 Å². The number of carbonyl (C=O) groups excluding carboxylic acids is 1. The summed E-state index contributed by atoms with van der Waals surface area (Å²) in [5.74, 6) is -2.65. The number of carbonyl (C=O) groups is 1. The number of nitriles is 1. The monoisotopic (exact) mass is 296 g/mol. The lowest BCUT2D eigenvalue weighted by atomic mass is 10.1. The van der Waals surface area contributed by atoms with E-state index in [0.717, 1.165) is 0 Å². The van der Waals surface area contributed by atoms with E-state index in [-0.39, 0.29) is 24.2 Å². The highest BCUT2D eigenvalue weighted by molar-refractivity contribution is 5.70. The summed E-state index contributed by atoms with van der Waals surface area (Å²) in [4.78, 5) is 12.8. The van der Waals surface area contributed by atoms with Gasteiger partial charge in [-0.3, -0.25) is 4.79 Å². The minimum atomic E-state index is -1.16. The van der Waals surface area contributed by atoms with Crippen LogP contribution in [0.1, 0.15) is 12.0 Å². The number of benzene rings is 1. The van der Waals surface area contributed by atoms with Crippen molar-refractivity contribution >= 4 is 11.7 Å². The largest absolute Gasteiger partial charge is 0.469 e. The lowest BCUT2D eigenvalue weighted by Crippen LogP contribution is -2.44. The summed E-state index contributed by atoms with van der Waals surface area (Å²) in [6.45, 7) is 0.917. The third-order valence-electron chi connectivity index (χ3n) is 3.28. The molecule has 7 heteroatoms. The van der Waals surface area contributed by atoms with Crippen LogP contribution in [0.25, 0.3) is 0 Å². The van der Waals surface area contributed by atoms with Crippen molar-refractivity contribution in [2.75, 3.05) is 31.7 Å². The molecule has 0 amide bonds. The molecule has 1 aromatic carbocycles. The van der Waals surface area contributed by atoms with Crippen LogP contribution in [0.3, 0.4) is 0 Å². The van der Waals surface area contributed by atoms with Gasteiger partial charge in [-0.25, -0.2) is 8.78 Å². The molecule has 0 saturated carbocycles. The highest BCUT2D eigenvalue weighted by Gasteiger charge is 2.26. The first-order valence-electron chi connectivity index (χ1n) is 6.38. The van der Waals surface area contributed by atoms with Crippen LogP contribution in [0.15, 0.2) is 12.1 Å². The van der Waals surface area contributed by atoms with Crippen molar-refractivity contribution in [2.45, 2.75) is 12.5 Å². The van der Waals surface area contributed by atoms with E-state index in [0.29, 0.717) is 13.2 Å². The van der Waals surface area contributed by atoms with Gasteiger partial charge in [0.05, 0.1) is 37.5 Å². The number of halogens is 2. The minimum Gasteiger partial charge on any atom is -0.469 e. The molecule has 5 nitrogen and oxygen atoms in total. The van der Waals surface area contributed by atoms with Crippen LogP contribution in [-0.4, -0.2) is 38.9 Å². The molecular formula is C14H14F2N2O3. The highest BCUT2D eigenvalue weighted by Crippen LogP contribution is 2.26. The lowest BCUT2D eigenvalue weighted by molar-refractivity contribution is -0.144. The van der Waals surface area contributed by atoms with Gasteiger partial charge in [0.15, 0.2) is 11.6 Å². The normalized spacial score (nSPS) is 18.2. The molecule has 0 radical (unpaired) electrons. The molecule has 0 bridgehead atoms. The fraction of sp³-hybridized carbons (Fsp3) is 0.429. The van der Waals surface area contributed by atoms with Crippen molar-refractivity contribution in [3.8, 4) is 6.07 Å². The molecule has 2 rings (SSSR count). The maximum Gasteiger partial charge on any atom is 0.308 e. The lowest BCUT2D eigenvalue weighted by Gasteiger charge is -2.34. The third kappa shape index (κ3) is 3.28. The van der Waals surface area contributed by atoms with Crippen LogP contribution in [0, 0.1) is 23.0 Å². The van der Waals surface area contributed by atoms with Crippen molar-refractivity contribution in [3.05, 3.63) is 29.3 Å². The summed E-state index contributed by atoms with van der Waals surface area (Å²) in [6, 6.07) is 4.18. The molecular weight excluding hydrogens is 282 g/mol. The van der Waals surface area contributed by atoms with E-state index < -0.39 is 23.7 Å². The minimum absolute atomic E-state index is 0.0490. The van der Waals surface area contributed by atoms with Gasteiger partial charge in [-0.2, -0.15) is 5.26 Å². The van der Waals surface area contributed by atoms with E-state index >= 15 is 0 Å². The molecule has 0 aromatic heterocycles. The Labute approximate surface area is 120 Å². The summed E-state index contributed by atoms with van der Waals surface area (Å²) in [5, 5.41) is 8.67. The number of esters is 1. The standard InChI is InChI=1S/C14H14F2N2O3/c1-20-12(19)6-10-8-18(4-5-21-10)11-3-2-9(7-17)13(15)14(11)16/h2-3,10H,4-6,8H2,1H3. The molecule has 1 aliphatic rings. The maximum atomic E-state index is 14.0. The van der Waals surface area contributed by atoms with Gasteiger partial charge in [0.1, 0.15) is 6.07 Å². The van der Waals surface area contributed by atoms with E-state index in [9.17, 15) is 13.6 Å². The average molecular weight is 296 g/mol. The molecule has 0 spiro atoms. The van der Waals surface area contributed by atoms with Crippen LogP contribution in [0.5, 0.6) is 0 Å². The number of ether oxygens (including phenoxy) is 2. The van der Waals surface area contributed by atoms with Crippen molar-refractivity contribution in [2.24, 2.45) is 0 Å². The fourth-order valence-electron chi connectivity index (χ4n) is 2.20. The average Bonchev–Trinajstić information content (AvgIpc) is 2.50. The summed E-state index contributed by atoms with van der Waals surface area (Å²) >= 11 is 0. The van der Waals surface area contributed by atoms with E-state index in [1.54, 1.807) is 11.0 Å². The highest BCUT2D eigenvalue weighted by atomic mass is 19.2. The zero-order chi connectivity index (χ0) is 15.4. The van der Waals surface area contributed by atoms with E-state index in [4.69, 9.17) is 10.00 Å². The van der Waals surface area contributed by atoms with E-state index in [2.05, 4.69) is 4.74 Å². The van der Waals surface area contributed by atoms with Gasteiger partial charge in [-0.15, -0.1) is 0 Å². The molecule has 1 heterocycles. The van der Waals surface area contributed by atoms with E-state index in [1.807, 2.05) is 0 Å². The Morgan fingerprint density at radius 3 is 2.95 bits per heavy atom. The smallest absolute Gasteiger partial charge is 0.308 e. The molecule has 0 N–H and O–H groups in total. The molecule has 1 unspecified atom stereocenters. The van der Waals surface area contributed by atoms with E-state index in [1.165, 1.54) is 19.2 Å². The number of hydrogen-bond acceptors (Lipinski definition) is 5. The van der Waals surface area contributed by atoms with Crippen LogP contribution in [0.4, 0.5) is 14.5 Å². The van der Waals surface area contributed by atoms with Gasteiger partial charge in [0, 0.05) is 13.1 Å². The Kier molecular flexibility index (Phi) is 4.70. The first kappa shape index (κ1) is 15.2. The fourth-order valence-corrected chi connectivity index (χ4v) is 2.20. The second-order valence-corrected chi connectivity index (χ2v) is 4.59. The van der Waals surface area contributed by atoms with Gasteiger partial charge in [0.25, 0.3) is 0 Å². The molecule has 1 saturated heterocycles. The predicted molar refractivity (Wildman–Crippen MR) is 69.7 cm³/mol. The third-order valence-corrected chi connectivity index (χ3v) is 3.28. The first-order valence-corrected chi connectivity index (χ1v) is 6.38. The quantitative estimate of drug-likeness (QED) is 0.793. The number of anilines is 1. The number of nitrogens with zero attached hydrogens (tertiary/aromatic N) is 2. The Hall–Kier alpha value is -2.20. The summed E-state index contributed by atoms with van der Waals surface area (Å²) in [5.41, 5.74) is -0.278. The van der Waals surface area contributed by atoms with Crippen LogP contribution >= 0.6 is 0 Å². The second-order valence-electron chi connectivity index (χ2n) is 4.59. The Bertz CT molecular complexity index is 586. The van der Waals surface area contributed by atoms with Crippen molar-refractivity contribution in [1.82, 2.24) is 0 Å². The maximum absolute atomic E-state index is 14.0. The molecule has 112 valence electrons. The SMILES string of the molecule is COC(=O)CC1CN(c2ccc(C#N)c(F)c2F)CCO1. The summed E-state index contributed by atoms with van der Waals surface area (Å²) in [6.07, 6.45) is -0.391. The van der Waals surface area contributed by atoms with Crippen molar-refractivity contribution in [3.63, 3.8) is 0 Å². The van der Waals surface area contributed by atoms with Gasteiger partial charge in [-0.1, -0.05) is 0 Å². The Morgan fingerprint density at radius 2 is 2.29 bits per heavy atom. The zero-order valence-corrected chi connectivity index (χ0v) is 11.4. The van der Waals surface area contributed by atoms with Crippen LogP contribution < -0.4 is 4.90 Å². The number of hydrogen-bond donors (Lipinski definition) is 0. The molecule has 1 fully saturated rings. The first-order chi connectivity index (χ1) is 10.1. The van der Waals surface area contributed by atoms with Gasteiger partial charge >= 0.3 is 5.97 Å². The van der Waals surface area contributed by atoms with Crippen molar-refractivity contribution < 1.29 is 23.0 Å². The van der Waals surface area contributed by atoms with Crippen LogP contribution in [-0.2, 0) is 14.3 Å². The number of rotatable bonds is 3. The number of morpholine rings is 1.